The molecule has 0 aliphatic rings. The number of aliphatic hydroxyl groups is 1. The normalized spacial score (nSPS) is 13.3. The third-order valence-corrected chi connectivity index (χ3v) is 2.29. The van der Waals surface area contributed by atoms with Crippen molar-refractivity contribution in [2.45, 2.75) is 32.7 Å². The molecule has 0 bridgehead atoms. The van der Waals surface area contributed by atoms with Crippen LogP contribution in [0.5, 0.6) is 0 Å². The highest BCUT2D eigenvalue weighted by molar-refractivity contribution is 4.66. The number of ether oxygens (including phenoxy) is 2. The number of methoxy groups -OCH3 is 1. The van der Waals surface area contributed by atoms with E-state index in [4.69, 9.17) is 14.6 Å². The molecule has 0 radical (unpaired) electrons. The summed E-state index contributed by atoms with van der Waals surface area (Å²) in [4.78, 5) is 0. The molecule has 0 aliphatic heterocycles. The van der Waals surface area contributed by atoms with Gasteiger partial charge in [0.2, 0.25) is 0 Å². The Kier molecular flexibility index (Phi) is 11.2. The van der Waals surface area contributed by atoms with Crippen LogP contribution < -0.4 is 5.32 Å². The fourth-order valence-electron chi connectivity index (χ4n) is 1.53. The van der Waals surface area contributed by atoms with Crippen molar-refractivity contribution in [2.75, 3.05) is 40.1 Å². The van der Waals surface area contributed by atoms with Crippen molar-refractivity contribution in [1.82, 2.24) is 5.32 Å². The third kappa shape index (κ3) is 10.4. The van der Waals surface area contributed by atoms with E-state index >= 15 is 0 Å². The Bertz CT molecular complexity index is 142. The highest BCUT2D eigenvalue weighted by Gasteiger charge is 2.07. The summed E-state index contributed by atoms with van der Waals surface area (Å²) in [6.45, 7) is 7.49. The van der Waals surface area contributed by atoms with Crippen LogP contribution in [0.2, 0.25) is 0 Å². The highest BCUT2D eigenvalue weighted by atomic mass is 16.5. The standard InChI is InChI=1S/C12H27NO3/c1-11(2)9-12(10-14)13-5-8-16-7-4-6-15-3/h11-14H,4-10H2,1-3H3. The fourth-order valence-corrected chi connectivity index (χ4v) is 1.53. The van der Waals surface area contributed by atoms with Crippen LogP contribution in [-0.2, 0) is 9.47 Å². The number of hydrogen-bond acceptors (Lipinski definition) is 4. The molecule has 1 unspecified atom stereocenters. The first-order valence-electron chi connectivity index (χ1n) is 6.11. The van der Waals surface area contributed by atoms with Crippen molar-refractivity contribution in [3.8, 4) is 0 Å². The van der Waals surface area contributed by atoms with Crippen molar-refractivity contribution in [3.63, 3.8) is 0 Å². The van der Waals surface area contributed by atoms with E-state index in [2.05, 4.69) is 19.2 Å². The molecule has 0 aromatic rings. The first kappa shape index (κ1) is 15.8. The zero-order valence-corrected chi connectivity index (χ0v) is 10.9. The van der Waals surface area contributed by atoms with E-state index < -0.39 is 0 Å². The summed E-state index contributed by atoms with van der Waals surface area (Å²) in [5.41, 5.74) is 0. The van der Waals surface area contributed by atoms with E-state index in [1.807, 2.05) is 0 Å². The molecule has 98 valence electrons. The van der Waals surface area contributed by atoms with Crippen LogP contribution >= 0.6 is 0 Å². The topological polar surface area (TPSA) is 50.7 Å². The Morgan fingerprint density at radius 1 is 1.19 bits per heavy atom. The average molecular weight is 233 g/mol. The lowest BCUT2D eigenvalue weighted by Gasteiger charge is -2.18. The van der Waals surface area contributed by atoms with Crippen LogP contribution in [0.4, 0.5) is 0 Å². The Morgan fingerprint density at radius 3 is 2.50 bits per heavy atom. The molecule has 16 heavy (non-hydrogen) atoms. The molecule has 0 saturated carbocycles. The second-order valence-corrected chi connectivity index (χ2v) is 4.42. The zero-order chi connectivity index (χ0) is 12.2. The van der Waals surface area contributed by atoms with Crippen LogP contribution in [0.1, 0.15) is 26.7 Å². The van der Waals surface area contributed by atoms with Gasteiger partial charge >= 0.3 is 0 Å². The summed E-state index contributed by atoms with van der Waals surface area (Å²) >= 11 is 0. The van der Waals surface area contributed by atoms with Gasteiger partial charge in [0.15, 0.2) is 0 Å². The van der Waals surface area contributed by atoms with Crippen LogP contribution in [0.25, 0.3) is 0 Å². The van der Waals surface area contributed by atoms with Crippen LogP contribution in [0.15, 0.2) is 0 Å². The fraction of sp³-hybridized carbons (Fsp3) is 1.00. The van der Waals surface area contributed by atoms with Crippen LogP contribution in [0, 0.1) is 5.92 Å². The van der Waals surface area contributed by atoms with Crippen LogP contribution in [-0.4, -0.2) is 51.2 Å². The molecule has 4 heteroatoms. The van der Waals surface area contributed by atoms with Gasteiger partial charge in [-0.2, -0.15) is 0 Å². The summed E-state index contributed by atoms with van der Waals surface area (Å²) in [5, 5.41) is 12.4. The van der Waals surface area contributed by atoms with Gasteiger partial charge in [0.05, 0.1) is 13.2 Å². The molecule has 0 rings (SSSR count). The van der Waals surface area contributed by atoms with Gasteiger partial charge in [-0.25, -0.2) is 0 Å². The van der Waals surface area contributed by atoms with Crippen molar-refractivity contribution >= 4 is 0 Å². The van der Waals surface area contributed by atoms with Gasteiger partial charge in [-0.15, -0.1) is 0 Å². The zero-order valence-electron chi connectivity index (χ0n) is 10.9. The largest absolute Gasteiger partial charge is 0.395 e. The van der Waals surface area contributed by atoms with Gasteiger partial charge in [0.1, 0.15) is 0 Å². The molecule has 2 N–H and O–H groups in total. The summed E-state index contributed by atoms with van der Waals surface area (Å²) in [7, 11) is 1.69. The van der Waals surface area contributed by atoms with E-state index in [-0.39, 0.29) is 12.6 Å². The minimum absolute atomic E-state index is 0.196. The van der Waals surface area contributed by atoms with Crippen molar-refractivity contribution < 1.29 is 14.6 Å². The van der Waals surface area contributed by atoms with E-state index in [0.29, 0.717) is 12.5 Å². The molecule has 0 heterocycles. The summed E-state index contributed by atoms with van der Waals surface area (Å²) in [6, 6.07) is 0.197. The molecule has 0 aromatic carbocycles. The second-order valence-electron chi connectivity index (χ2n) is 4.42. The van der Waals surface area contributed by atoms with Gasteiger partial charge in [0.25, 0.3) is 0 Å². The van der Waals surface area contributed by atoms with Crippen molar-refractivity contribution in [3.05, 3.63) is 0 Å². The minimum Gasteiger partial charge on any atom is -0.395 e. The Hall–Kier alpha value is -0.160. The quantitative estimate of drug-likeness (QED) is 0.524. The number of rotatable bonds is 11. The number of hydrogen-bond donors (Lipinski definition) is 2. The van der Waals surface area contributed by atoms with Crippen molar-refractivity contribution in [2.24, 2.45) is 5.92 Å². The lowest BCUT2D eigenvalue weighted by atomic mass is 10.0. The van der Waals surface area contributed by atoms with Gasteiger partial charge in [-0.3, -0.25) is 0 Å². The molecule has 1 atom stereocenters. The molecule has 0 amide bonds. The first-order valence-corrected chi connectivity index (χ1v) is 6.11. The maximum atomic E-state index is 9.13. The average Bonchev–Trinajstić information content (AvgIpc) is 2.25. The van der Waals surface area contributed by atoms with Gasteiger partial charge in [-0.1, -0.05) is 13.8 Å². The molecule has 0 fully saturated rings. The first-order chi connectivity index (χ1) is 7.70. The summed E-state index contributed by atoms with van der Waals surface area (Å²) in [6.07, 6.45) is 1.94. The molecule has 0 spiro atoms. The predicted octanol–water partition coefficient (Wildman–Crippen LogP) is 1.04. The Morgan fingerprint density at radius 2 is 1.94 bits per heavy atom. The smallest absolute Gasteiger partial charge is 0.0591 e. The van der Waals surface area contributed by atoms with E-state index in [9.17, 15) is 0 Å². The number of aliphatic hydroxyl groups excluding tert-OH is 1. The third-order valence-electron chi connectivity index (χ3n) is 2.29. The Labute approximate surface area is 99.3 Å². The molecular formula is C12H27NO3. The van der Waals surface area contributed by atoms with E-state index in [1.54, 1.807) is 7.11 Å². The number of nitrogens with one attached hydrogen (secondary N) is 1. The molecule has 0 aliphatic carbocycles. The van der Waals surface area contributed by atoms with Gasteiger partial charge in [-0.05, 0) is 18.8 Å². The highest BCUT2D eigenvalue weighted by Crippen LogP contribution is 2.03. The monoisotopic (exact) mass is 233 g/mol. The molecule has 0 saturated heterocycles. The summed E-state index contributed by atoms with van der Waals surface area (Å²) < 4.78 is 10.3. The van der Waals surface area contributed by atoms with Crippen molar-refractivity contribution in [1.29, 1.82) is 0 Å². The lowest BCUT2D eigenvalue weighted by molar-refractivity contribution is 0.100. The lowest BCUT2D eigenvalue weighted by Crippen LogP contribution is -2.36. The maximum Gasteiger partial charge on any atom is 0.0591 e. The molecular weight excluding hydrogens is 206 g/mol. The van der Waals surface area contributed by atoms with Crippen LogP contribution in [0.3, 0.4) is 0 Å². The SMILES string of the molecule is COCCCOCCNC(CO)CC(C)C. The molecule has 4 nitrogen and oxygen atoms in total. The summed E-state index contributed by atoms with van der Waals surface area (Å²) in [5.74, 6) is 0.604. The molecule has 0 aromatic heterocycles. The van der Waals surface area contributed by atoms with Gasteiger partial charge in [0, 0.05) is 32.9 Å². The van der Waals surface area contributed by atoms with E-state index in [0.717, 1.165) is 32.6 Å². The van der Waals surface area contributed by atoms with E-state index in [1.165, 1.54) is 0 Å². The predicted molar refractivity (Wildman–Crippen MR) is 65.6 cm³/mol. The van der Waals surface area contributed by atoms with Gasteiger partial charge < -0.3 is 19.9 Å². The minimum atomic E-state index is 0.196. The Balaban J connectivity index is 3.27. The maximum absolute atomic E-state index is 9.13. The second kappa shape index (κ2) is 11.3.